The number of amides is 1. The van der Waals surface area contributed by atoms with Crippen LogP contribution in [0.5, 0.6) is 11.5 Å². The molecule has 0 spiro atoms. The lowest BCUT2D eigenvalue weighted by molar-refractivity contribution is -0.113. The van der Waals surface area contributed by atoms with E-state index in [1.807, 2.05) is 60.4 Å². The number of carbonyl (C=O) groups excluding carboxylic acids is 1. The van der Waals surface area contributed by atoms with Crippen LogP contribution in [0.25, 0.3) is 22.4 Å². The Morgan fingerprint density at radius 3 is 2.51 bits per heavy atom. The maximum absolute atomic E-state index is 13.4. The fourth-order valence-corrected chi connectivity index (χ4v) is 5.58. The Morgan fingerprint density at radius 2 is 1.70 bits per heavy atom. The fraction of sp³-hybridized carbons (Fsp3) is 0.219. The summed E-state index contributed by atoms with van der Waals surface area (Å²) in [5, 5.41) is 2.38. The third-order valence-electron chi connectivity index (χ3n) is 6.40. The Balaban J connectivity index is 1.48. The van der Waals surface area contributed by atoms with E-state index in [-0.39, 0.29) is 5.91 Å². The van der Waals surface area contributed by atoms with Crippen molar-refractivity contribution in [3.63, 3.8) is 0 Å². The second kappa shape index (κ2) is 11.0. The first-order chi connectivity index (χ1) is 18.0. The highest BCUT2D eigenvalue weighted by atomic mass is 127. The van der Waals surface area contributed by atoms with Gasteiger partial charge < -0.3 is 14.4 Å². The van der Waals surface area contributed by atoms with Gasteiger partial charge in [0.2, 0.25) is 0 Å². The van der Waals surface area contributed by atoms with Crippen molar-refractivity contribution in [2.45, 2.75) is 27.4 Å². The van der Waals surface area contributed by atoms with Crippen molar-refractivity contribution in [2.75, 3.05) is 18.1 Å². The highest BCUT2D eigenvalue weighted by Crippen LogP contribution is 2.40. The highest BCUT2D eigenvalue weighted by Gasteiger charge is 2.32. The Hall–Kier alpha value is -3.32. The van der Waals surface area contributed by atoms with Crippen LogP contribution in [0, 0.1) is 9.49 Å². The molecule has 1 amide bonds. The molecule has 4 nitrogen and oxygen atoms in total. The monoisotopic (exact) mass is 603 g/mol. The third kappa shape index (κ3) is 5.23. The molecule has 0 fully saturated rings. The van der Waals surface area contributed by atoms with E-state index in [1.165, 1.54) is 10.8 Å². The van der Waals surface area contributed by atoms with E-state index in [2.05, 4.69) is 72.8 Å². The summed E-state index contributed by atoms with van der Waals surface area (Å²) in [7, 11) is 0. The number of anilines is 1. The minimum atomic E-state index is 0.0409. The lowest BCUT2D eigenvalue weighted by Gasteiger charge is -2.19. The van der Waals surface area contributed by atoms with Gasteiger partial charge in [0.1, 0.15) is 6.61 Å². The highest BCUT2D eigenvalue weighted by molar-refractivity contribution is 14.1. The van der Waals surface area contributed by atoms with Gasteiger partial charge in [-0.15, -0.1) is 0 Å². The molecule has 5 rings (SSSR count). The Kier molecular flexibility index (Phi) is 7.51. The average Bonchev–Trinajstić information content (AvgIpc) is 3.14. The van der Waals surface area contributed by atoms with E-state index in [0.29, 0.717) is 37.0 Å². The van der Waals surface area contributed by atoms with E-state index in [4.69, 9.17) is 9.47 Å². The maximum atomic E-state index is 13.4. The summed E-state index contributed by atoms with van der Waals surface area (Å²) in [5.41, 5.74) is 4.69. The molecule has 0 saturated carbocycles. The van der Waals surface area contributed by atoms with E-state index in [1.54, 1.807) is 0 Å². The SMILES string of the molecule is CCOc1cc(/C=C2\C(=O)N(CC(C)C)c3ccccc32)cc(I)c1OCc1cccc2ccccc12. The third-order valence-corrected chi connectivity index (χ3v) is 7.20. The van der Waals surface area contributed by atoms with Crippen LogP contribution in [0.1, 0.15) is 37.5 Å². The van der Waals surface area contributed by atoms with E-state index in [9.17, 15) is 4.79 Å². The summed E-state index contributed by atoms with van der Waals surface area (Å²) in [6, 6.07) is 26.6. The molecule has 0 unspecified atom stereocenters. The first kappa shape index (κ1) is 25.3. The second-order valence-corrected chi connectivity index (χ2v) is 10.7. The molecule has 37 heavy (non-hydrogen) atoms. The number of benzene rings is 4. The predicted molar refractivity (Wildman–Crippen MR) is 160 cm³/mol. The molecule has 1 aliphatic heterocycles. The van der Waals surface area contributed by atoms with Crippen LogP contribution in [0.3, 0.4) is 0 Å². The topological polar surface area (TPSA) is 38.8 Å². The van der Waals surface area contributed by atoms with Crippen molar-refractivity contribution < 1.29 is 14.3 Å². The van der Waals surface area contributed by atoms with Crippen LogP contribution >= 0.6 is 22.6 Å². The minimum absolute atomic E-state index is 0.0409. The van der Waals surface area contributed by atoms with Crippen molar-refractivity contribution in [3.05, 3.63) is 99.1 Å². The van der Waals surface area contributed by atoms with Crippen LogP contribution in [0.4, 0.5) is 5.69 Å². The van der Waals surface area contributed by atoms with Gasteiger partial charge >= 0.3 is 0 Å². The number of halogens is 1. The number of fused-ring (bicyclic) bond motifs is 2. The van der Waals surface area contributed by atoms with Gasteiger partial charge in [0, 0.05) is 17.7 Å². The molecule has 0 bridgehead atoms. The molecule has 5 heteroatoms. The Morgan fingerprint density at radius 1 is 0.946 bits per heavy atom. The van der Waals surface area contributed by atoms with Crippen molar-refractivity contribution in [3.8, 4) is 11.5 Å². The number of para-hydroxylation sites is 1. The Bertz CT molecular complexity index is 1490. The molecule has 1 aliphatic rings. The van der Waals surface area contributed by atoms with E-state index >= 15 is 0 Å². The summed E-state index contributed by atoms with van der Waals surface area (Å²) >= 11 is 2.29. The molecule has 0 saturated heterocycles. The van der Waals surface area contributed by atoms with Crippen LogP contribution in [-0.4, -0.2) is 19.1 Å². The molecule has 0 aliphatic carbocycles. The summed E-state index contributed by atoms with van der Waals surface area (Å²) in [6.45, 7) is 7.87. The standard InChI is InChI=1S/C32H30INO3/c1-4-36-30-18-22(16-27-26-14-7-8-15-29(26)34(32(27)35)19-21(2)3)17-28(33)31(30)37-20-24-12-9-11-23-10-5-6-13-25(23)24/h5-18,21H,4,19-20H2,1-3H3/b27-16-. The van der Waals surface area contributed by atoms with Crippen LogP contribution in [0.2, 0.25) is 0 Å². The van der Waals surface area contributed by atoms with Crippen LogP contribution in [-0.2, 0) is 11.4 Å². The first-order valence-corrected chi connectivity index (χ1v) is 13.7. The molecule has 0 aromatic heterocycles. The lowest BCUT2D eigenvalue weighted by atomic mass is 10.0. The normalized spacial score (nSPS) is 14.0. The average molecular weight is 604 g/mol. The van der Waals surface area contributed by atoms with E-state index < -0.39 is 0 Å². The van der Waals surface area contributed by atoms with Crippen molar-refractivity contribution in [2.24, 2.45) is 5.92 Å². The van der Waals surface area contributed by atoms with Gasteiger partial charge in [-0.05, 0) is 81.6 Å². The molecule has 4 aromatic carbocycles. The van der Waals surface area contributed by atoms with E-state index in [0.717, 1.165) is 31.7 Å². The fourth-order valence-electron chi connectivity index (χ4n) is 4.80. The maximum Gasteiger partial charge on any atom is 0.259 e. The zero-order valence-corrected chi connectivity index (χ0v) is 23.5. The van der Waals surface area contributed by atoms with Gasteiger partial charge in [-0.25, -0.2) is 0 Å². The van der Waals surface area contributed by atoms with Gasteiger partial charge in [-0.3, -0.25) is 4.79 Å². The largest absolute Gasteiger partial charge is 0.490 e. The van der Waals surface area contributed by atoms with Gasteiger partial charge in [0.25, 0.3) is 5.91 Å². The lowest BCUT2D eigenvalue weighted by Crippen LogP contribution is -2.30. The number of carbonyl (C=O) groups is 1. The number of hydrogen-bond donors (Lipinski definition) is 0. The summed E-state index contributed by atoms with van der Waals surface area (Å²) < 4.78 is 13.3. The number of nitrogens with zero attached hydrogens (tertiary/aromatic N) is 1. The number of ether oxygens (including phenoxy) is 2. The molecular formula is C32H30INO3. The zero-order chi connectivity index (χ0) is 25.9. The summed E-state index contributed by atoms with van der Waals surface area (Å²) in [6.07, 6.45) is 1.97. The first-order valence-electron chi connectivity index (χ1n) is 12.6. The zero-order valence-electron chi connectivity index (χ0n) is 21.3. The smallest absolute Gasteiger partial charge is 0.259 e. The molecule has 188 valence electrons. The minimum Gasteiger partial charge on any atom is -0.490 e. The Labute approximate surface area is 232 Å². The van der Waals surface area contributed by atoms with Crippen LogP contribution in [0.15, 0.2) is 78.9 Å². The molecular weight excluding hydrogens is 573 g/mol. The van der Waals surface area contributed by atoms with Crippen molar-refractivity contribution >= 4 is 56.6 Å². The molecule has 0 atom stereocenters. The van der Waals surface area contributed by atoms with Crippen molar-refractivity contribution in [1.29, 1.82) is 0 Å². The summed E-state index contributed by atoms with van der Waals surface area (Å²) in [4.78, 5) is 15.3. The van der Waals surface area contributed by atoms with Crippen molar-refractivity contribution in [1.82, 2.24) is 0 Å². The van der Waals surface area contributed by atoms with Gasteiger partial charge in [-0.2, -0.15) is 0 Å². The van der Waals surface area contributed by atoms with Gasteiger partial charge in [-0.1, -0.05) is 74.5 Å². The predicted octanol–water partition coefficient (Wildman–Crippen LogP) is 7.97. The van der Waals surface area contributed by atoms with Gasteiger partial charge in [0.05, 0.1) is 15.9 Å². The molecule has 1 heterocycles. The second-order valence-electron chi connectivity index (χ2n) is 9.57. The number of rotatable bonds is 8. The molecule has 0 radical (unpaired) electrons. The number of hydrogen-bond acceptors (Lipinski definition) is 3. The summed E-state index contributed by atoms with van der Waals surface area (Å²) in [5.74, 6) is 1.82. The molecule has 0 N–H and O–H groups in total. The quantitative estimate of drug-likeness (QED) is 0.152. The molecule has 4 aromatic rings. The van der Waals surface area contributed by atoms with Crippen LogP contribution < -0.4 is 14.4 Å². The van der Waals surface area contributed by atoms with Gasteiger partial charge in [0.15, 0.2) is 11.5 Å².